The van der Waals surface area contributed by atoms with Crippen LogP contribution in [0.5, 0.6) is 0 Å². The average Bonchev–Trinajstić information content (AvgIpc) is 3.72. The smallest absolute Gasteiger partial charge is 0.0714 e. The maximum absolute atomic E-state index is 2.48. The molecule has 0 atom stereocenters. The molecule has 0 saturated carbocycles. The third-order valence-corrected chi connectivity index (χ3v) is 13.7. The monoisotopic (exact) mass is 865 g/mol. The summed E-state index contributed by atoms with van der Waals surface area (Å²) < 4.78 is 0. The van der Waals surface area contributed by atoms with Gasteiger partial charge in [-0.25, -0.2) is 0 Å². The molecular formula is C67H47N. The first-order valence-electron chi connectivity index (χ1n) is 23.5. The Balaban J connectivity index is 1.11. The van der Waals surface area contributed by atoms with E-state index in [1.165, 1.54) is 83.5 Å². The van der Waals surface area contributed by atoms with Gasteiger partial charge in [0.15, 0.2) is 0 Å². The van der Waals surface area contributed by atoms with Crippen molar-refractivity contribution >= 4 is 17.1 Å². The highest BCUT2D eigenvalue weighted by atomic mass is 15.1. The van der Waals surface area contributed by atoms with Crippen molar-refractivity contribution in [1.82, 2.24) is 0 Å². The Morgan fingerprint density at radius 3 is 1.24 bits per heavy atom. The van der Waals surface area contributed by atoms with Crippen LogP contribution < -0.4 is 4.90 Å². The number of hydrogen-bond donors (Lipinski definition) is 0. The maximum Gasteiger partial charge on any atom is 0.0714 e. The molecule has 1 heteroatoms. The Morgan fingerprint density at radius 2 is 0.662 bits per heavy atom. The number of fused-ring (bicyclic) bond motifs is 3. The number of para-hydroxylation sites is 1. The summed E-state index contributed by atoms with van der Waals surface area (Å²) in [6, 6.07) is 104. The fraction of sp³-hybridized carbons (Fsp3) is 0.0149. The molecule has 0 saturated heterocycles. The van der Waals surface area contributed by atoms with Crippen molar-refractivity contribution in [3.8, 4) is 66.8 Å². The summed E-state index contributed by atoms with van der Waals surface area (Å²) in [6.45, 7) is 0. The lowest BCUT2D eigenvalue weighted by Gasteiger charge is -2.35. The molecule has 0 fully saturated rings. The lowest BCUT2D eigenvalue weighted by atomic mass is 9.67. The normalized spacial score (nSPS) is 12.2. The summed E-state index contributed by atoms with van der Waals surface area (Å²) >= 11 is 0. The van der Waals surface area contributed by atoms with E-state index in [0.717, 1.165) is 22.6 Å². The molecule has 1 aliphatic carbocycles. The Kier molecular flexibility index (Phi) is 10.5. The van der Waals surface area contributed by atoms with Crippen molar-refractivity contribution in [3.63, 3.8) is 0 Å². The standard InChI is InChI=1S/C67H47N/c1-7-22-48(23-8-1)52-30-21-35-59(45-52)68(66-37-20-19-36-61(66)51-28-13-4-14-29-51)60-39-40-62-63-46-53(56-43-54(49-24-9-2-10-25-49)42-55(44-56)50-26-11-3-12-27-50)38-41-64(63)67(65(62)47-60,57-31-15-5-16-32-57)58-33-17-6-18-34-58/h1-47H. The number of anilines is 3. The third-order valence-electron chi connectivity index (χ3n) is 13.7. The van der Waals surface area contributed by atoms with Crippen molar-refractivity contribution in [2.75, 3.05) is 4.90 Å². The molecule has 0 spiro atoms. The summed E-state index contributed by atoms with van der Waals surface area (Å²) in [5, 5.41) is 0. The van der Waals surface area contributed by atoms with E-state index in [4.69, 9.17) is 0 Å². The molecule has 1 aliphatic rings. The number of rotatable bonds is 10. The van der Waals surface area contributed by atoms with E-state index in [0.29, 0.717) is 0 Å². The molecule has 11 aromatic carbocycles. The van der Waals surface area contributed by atoms with Crippen LogP contribution in [0.25, 0.3) is 66.8 Å². The molecule has 0 N–H and O–H groups in total. The topological polar surface area (TPSA) is 3.24 Å². The summed E-state index contributed by atoms with van der Waals surface area (Å²) in [5.74, 6) is 0. The van der Waals surface area contributed by atoms with Crippen molar-refractivity contribution < 1.29 is 0 Å². The molecule has 11 aromatic rings. The second-order valence-corrected chi connectivity index (χ2v) is 17.6. The van der Waals surface area contributed by atoms with Gasteiger partial charge in [-0.05, 0) is 138 Å². The van der Waals surface area contributed by atoms with Gasteiger partial charge in [0, 0.05) is 16.9 Å². The van der Waals surface area contributed by atoms with Gasteiger partial charge < -0.3 is 4.90 Å². The molecule has 0 aromatic heterocycles. The van der Waals surface area contributed by atoms with Crippen LogP contribution in [0.3, 0.4) is 0 Å². The minimum absolute atomic E-state index is 0.612. The Morgan fingerprint density at radius 1 is 0.221 bits per heavy atom. The Bertz CT molecular complexity index is 3430. The third kappa shape index (κ3) is 7.22. The van der Waals surface area contributed by atoms with Crippen molar-refractivity contribution in [1.29, 1.82) is 0 Å². The molecule has 0 unspecified atom stereocenters. The second kappa shape index (κ2) is 17.5. The maximum atomic E-state index is 2.48. The zero-order valence-electron chi connectivity index (χ0n) is 37.6. The summed E-state index contributed by atoms with van der Waals surface area (Å²) in [6.07, 6.45) is 0. The van der Waals surface area contributed by atoms with Gasteiger partial charge in [0.05, 0.1) is 11.1 Å². The second-order valence-electron chi connectivity index (χ2n) is 17.6. The van der Waals surface area contributed by atoms with E-state index in [1.807, 2.05) is 0 Å². The van der Waals surface area contributed by atoms with Crippen molar-refractivity contribution in [2.24, 2.45) is 0 Å². The van der Waals surface area contributed by atoms with Crippen molar-refractivity contribution in [2.45, 2.75) is 5.41 Å². The molecule has 0 heterocycles. The predicted molar refractivity (Wildman–Crippen MR) is 286 cm³/mol. The molecule has 0 amide bonds. The first kappa shape index (κ1) is 40.7. The van der Waals surface area contributed by atoms with Crippen molar-refractivity contribution in [3.05, 3.63) is 307 Å². The highest BCUT2D eigenvalue weighted by Crippen LogP contribution is 2.58. The molecular weight excluding hydrogens is 819 g/mol. The van der Waals surface area contributed by atoms with E-state index >= 15 is 0 Å². The van der Waals surface area contributed by atoms with Crippen LogP contribution in [0.2, 0.25) is 0 Å². The quantitative estimate of drug-likeness (QED) is 0.132. The fourth-order valence-electron chi connectivity index (χ4n) is 10.6. The molecule has 0 radical (unpaired) electrons. The van der Waals surface area contributed by atoms with Crippen LogP contribution in [0.15, 0.2) is 285 Å². The molecule has 0 aliphatic heterocycles. The van der Waals surface area contributed by atoms with Crippen LogP contribution in [-0.2, 0) is 5.41 Å². The van der Waals surface area contributed by atoms with Crippen LogP contribution in [-0.4, -0.2) is 0 Å². The predicted octanol–water partition coefficient (Wildman–Crippen LogP) is 17.9. The fourth-order valence-corrected chi connectivity index (χ4v) is 10.6. The number of hydrogen-bond acceptors (Lipinski definition) is 1. The van der Waals surface area contributed by atoms with Gasteiger partial charge in [-0.2, -0.15) is 0 Å². The highest BCUT2D eigenvalue weighted by Gasteiger charge is 2.46. The average molecular weight is 866 g/mol. The number of nitrogens with zero attached hydrogens (tertiary/aromatic N) is 1. The molecule has 320 valence electrons. The first-order chi connectivity index (χ1) is 33.7. The van der Waals surface area contributed by atoms with E-state index in [-0.39, 0.29) is 0 Å². The first-order valence-corrected chi connectivity index (χ1v) is 23.5. The summed E-state index contributed by atoms with van der Waals surface area (Å²) in [7, 11) is 0. The van der Waals surface area contributed by atoms with Crippen LogP contribution in [0.4, 0.5) is 17.1 Å². The highest BCUT2D eigenvalue weighted by molar-refractivity contribution is 5.94. The van der Waals surface area contributed by atoms with Gasteiger partial charge in [0.25, 0.3) is 0 Å². The van der Waals surface area contributed by atoms with E-state index < -0.39 is 5.41 Å². The molecule has 12 rings (SSSR count). The SMILES string of the molecule is c1ccc(-c2cc(-c3ccccc3)cc(-c3ccc4c(c3)-c3ccc(N(c5cccc(-c6ccccc6)c5)c5ccccc5-c5ccccc5)cc3C4(c3ccccc3)c3ccccc3)c2)cc1. The zero-order chi connectivity index (χ0) is 45.3. The van der Waals surface area contributed by atoms with Gasteiger partial charge in [0.2, 0.25) is 0 Å². The number of benzene rings is 11. The van der Waals surface area contributed by atoms with Crippen LogP contribution >= 0.6 is 0 Å². The van der Waals surface area contributed by atoms with E-state index in [2.05, 4.69) is 290 Å². The molecule has 0 bridgehead atoms. The van der Waals surface area contributed by atoms with Crippen LogP contribution in [0, 0.1) is 0 Å². The molecule has 1 nitrogen and oxygen atoms in total. The van der Waals surface area contributed by atoms with Gasteiger partial charge >= 0.3 is 0 Å². The summed E-state index contributed by atoms with van der Waals surface area (Å²) in [4.78, 5) is 2.46. The van der Waals surface area contributed by atoms with Gasteiger partial charge in [0.1, 0.15) is 0 Å². The van der Waals surface area contributed by atoms with Gasteiger partial charge in [-0.3, -0.25) is 0 Å². The minimum Gasteiger partial charge on any atom is -0.310 e. The minimum atomic E-state index is -0.612. The van der Waals surface area contributed by atoms with Gasteiger partial charge in [-0.1, -0.05) is 231 Å². The van der Waals surface area contributed by atoms with E-state index in [1.54, 1.807) is 0 Å². The lowest BCUT2D eigenvalue weighted by Crippen LogP contribution is -2.28. The Hall–Kier alpha value is -8.78. The molecule has 68 heavy (non-hydrogen) atoms. The van der Waals surface area contributed by atoms with E-state index in [9.17, 15) is 0 Å². The van der Waals surface area contributed by atoms with Crippen LogP contribution in [0.1, 0.15) is 22.3 Å². The lowest BCUT2D eigenvalue weighted by molar-refractivity contribution is 0.768. The zero-order valence-corrected chi connectivity index (χ0v) is 37.6. The summed E-state index contributed by atoms with van der Waals surface area (Å²) in [5.41, 5.74) is 22.0. The van der Waals surface area contributed by atoms with Gasteiger partial charge in [-0.15, -0.1) is 0 Å². The largest absolute Gasteiger partial charge is 0.310 e. The Labute approximate surface area is 399 Å².